The molecule has 2 atom stereocenters. The number of likely N-dealkylation sites (tertiary alicyclic amines) is 1. The van der Waals surface area contributed by atoms with Gasteiger partial charge in [0.05, 0.1) is 21.8 Å². The summed E-state index contributed by atoms with van der Waals surface area (Å²) in [4.78, 5) is 25.5. The van der Waals surface area contributed by atoms with Crippen LogP contribution in [0.25, 0.3) is 0 Å². The van der Waals surface area contributed by atoms with Gasteiger partial charge < -0.3 is 15.0 Å². The number of benzene rings is 1. The van der Waals surface area contributed by atoms with Crippen LogP contribution in [0.1, 0.15) is 44.6 Å². The van der Waals surface area contributed by atoms with Crippen LogP contribution in [0, 0.1) is 16.7 Å². The van der Waals surface area contributed by atoms with Gasteiger partial charge in [-0.25, -0.2) is 8.42 Å². The molecule has 1 heterocycles. The van der Waals surface area contributed by atoms with Crippen molar-refractivity contribution in [1.29, 1.82) is 5.26 Å². The maximum absolute atomic E-state index is 13.9. The van der Waals surface area contributed by atoms with E-state index in [0.717, 1.165) is 6.92 Å². The number of rotatable bonds is 7. The average molecular weight is 636 g/mol. The molecule has 1 saturated heterocycles. The molecule has 2 saturated carbocycles. The van der Waals surface area contributed by atoms with Gasteiger partial charge in [0.1, 0.15) is 22.2 Å². The van der Waals surface area contributed by atoms with Crippen LogP contribution in [-0.2, 0) is 25.6 Å². The lowest BCUT2D eigenvalue weighted by atomic mass is 9.94. The Morgan fingerprint density at radius 3 is 2.12 bits per heavy atom. The van der Waals surface area contributed by atoms with E-state index in [2.05, 4.69) is 10.1 Å². The number of carbonyl (C=O) groups is 2. The fraction of sp³-hybridized carbons (Fsp3) is 0.625. The Bertz CT molecular complexity index is 1440. The first-order chi connectivity index (χ1) is 19.0. The van der Waals surface area contributed by atoms with Crippen LogP contribution >= 0.6 is 0 Å². The molecule has 0 bridgehead atoms. The minimum Gasteiger partial charge on any atom is -0.484 e. The molecule has 1 aliphatic heterocycles. The van der Waals surface area contributed by atoms with E-state index in [1.165, 1.54) is 0 Å². The molecule has 0 aromatic heterocycles. The van der Waals surface area contributed by atoms with Crippen molar-refractivity contribution in [2.45, 2.75) is 78.8 Å². The molecular weight excluding hydrogens is 613 g/mol. The molecule has 3 aliphatic rings. The fourth-order valence-electron chi connectivity index (χ4n) is 4.91. The fourth-order valence-corrected chi connectivity index (χ4v) is 6.90. The molecule has 1 aromatic rings. The van der Waals surface area contributed by atoms with E-state index in [1.807, 2.05) is 6.07 Å². The number of halogens is 9. The monoisotopic (exact) mass is 635 g/mol. The van der Waals surface area contributed by atoms with Crippen LogP contribution in [-0.4, -0.2) is 67.0 Å². The van der Waals surface area contributed by atoms with Crippen LogP contribution in [0.3, 0.4) is 0 Å². The summed E-state index contributed by atoms with van der Waals surface area (Å²) in [6.07, 6.45) is -17.3. The highest BCUT2D eigenvalue weighted by molar-refractivity contribution is 7.92. The number of amides is 2. The van der Waals surface area contributed by atoms with Crippen molar-refractivity contribution in [3.8, 4) is 11.8 Å². The predicted molar refractivity (Wildman–Crippen MR) is 122 cm³/mol. The van der Waals surface area contributed by atoms with Gasteiger partial charge in [-0.3, -0.25) is 9.59 Å². The number of carbonyl (C=O) groups excluding carboxylic acids is 2. The third kappa shape index (κ3) is 5.59. The first kappa shape index (κ1) is 31.7. The highest BCUT2D eigenvalue weighted by atomic mass is 32.2. The number of nitrogens with one attached hydrogen (secondary N) is 1. The van der Waals surface area contributed by atoms with E-state index < -0.39 is 111 Å². The van der Waals surface area contributed by atoms with Crippen LogP contribution in [0.15, 0.2) is 23.1 Å². The SMILES string of the molecule is C[C@]1(C(=O)NC2(C#N)CC2)C[C@@H](S(=O)(=O)c2ccc(OCC(F)(F)F)cc2C(F)(F)F)CN1C(=O)C1(C(F)(F)F)CC1. The zero-order chi connectivity index (χ0) is 31.7. The second-order valence-electron chi connectivity index (χ2n) is 10.8. The Balaban J connectivity index is 1.74. The average Bonchev–Trinajstić information content (AvgIpc) is 3.78. The Kier molecular flexibility index (Phi) is 7.28. The van der Waals surface area contributed by atoms with Gasteiger partial charge in [-0.2, -0.15) is 44.8 Å². The maximum atomic E-state index is 13.9. The third-order valence-corrected chi connectivity index (χ3v) is 9.93. The van der Waals surface area contributed by atoms with Crippen molar-refractivity contribution in [2.75, 3.05) is 13.2 Å². The molecule has 4 rings (SSSR count). The molecule has 2 amide bonds. The second kappa shape index (κ2) is 9.64. The van der Waals surface area contributed by atoms with Crippen molar-refractivity contribution >= 4 is 21.7 Å². The molecule has 232 valence electrons. The van der Waals surface area contributed by atoms with Gasteiger partial charge in [0.2, 0.25) is 11.8 Å². The minimum atomic E-state index is -5.44. The van der Waals surface area contributed by atoms with Crippen molar-refractivity contribution in [1.82, 2.24) is 10.2 Å². The van der Waals surface area contributed by atoms with Crippen LogP contribution in [0.5, 0.6) is 5.75 Å². The van der Waals surface area contributed by atoms with E-state index in [-0.39, 0.29) is 18.9 Å². The summed E-state index contributed by atoms with van der Waals surface area (Å²) in [6.45, 7) is -2.10. The molecule has 3 fully saturated rings. The van der Waals surface area contributed by atoms with E-state index in [9.17, 15) is 62.8 Å². The summed E-state index contributed by atoms with van der Waals surface area (Å²) in [5.41, 5.74) is -8.51. The smallest absolute Gasteiger partial charge is 0.422 e. The number of hydrogen-bond acceptors (Lipinski definition) is 6. The van der Waals surface area contributed by atoms with Gasteiger partial charge in [-0.15, -0.1) is 0 Å². The Hall–Kier alpha value is -3.23. The standard InChI is InChI=1S/C24H22F9N3O5S/c1-19(17(37)35-20(11-34)4-5-20)9-14(10-36(19)18(38)21(6-7-21)24(31,32)33)42(39,40)16-3-2-13(41-12-22(25,26)27)8-15(16)23(28,29)30/h2-3,8,14H,4-7,9-10,12H2,1H3,(H,35,37)/t14-,19-/m1/s1. The van der Waals surface area contributed by atoms with E-state index in [0.29, 0.717) is 17.0 Å². The number of sulfone groups is 1. The van der Waals surface area contributed by atoms with Crippen molar-refractivity contribution in [3.05, 3.63) is 23.8 Å². The summed E-state index contributed by atoms with van der Waals surface area (Å²) in [5.74, 6) is -3.74. The number of hydrogen-bond donors (Lipinski definition) is 1. The zero-order valence-corrected chi connectivity index (χ0v) is 22.3. The summed E-state index contributed by atoms with van der Waals surface area (Å²) >= 11 is 0. The molecule has 0 radical (unpaired) electrons. The number of alkyl halides is 9. The zero-order valence-electron chi connectivity index (χ0n) is 21.5. The largest absolute Gasteiger partial charge is 0.484 e. The topological polar surface area (TPSA) is 117 Å². The maximum Gasteiger partial charge on any atom is 0.422 e. The predicted octanol–water partition coefficient (Wildman–Crippen LogP) is 4.29. The van der Waals surface area contributed by atoms with Crippen molar-refractivity contribution in [2.24, 2.45) is 5.41 Å². The molecule has 2 aliphatic carbocycles. The van der Waals surface area contributed by atoms with E-state index in [1.54, 1.807) is 0 Å². The lowest BCUT2D eigenvalue weighted by Gasteiger charge is -2.37. The van der Waals surface area contributed by atoms with Gasteiger partial charge in [-0.1, -0.05) is 0 Å². The Morgan fingerprint density at radius 1 is 1.07 bits per heavy atom. The second-order valence-corrected chi connectivity index (χ2v) is 13.0. The quantitative estimate of drug-likeness (QED) is 0.447. The van der Waals surface area contributed by atoms with Gasteiger partial charge in [0, 0.05) is 6.54 Å². The first-order valence-corrected chi connectivity index (χ1v) is 13.8. The Morgan fingerprint density at radius 2 is 1.67 bits per heavy atom. The number of ether oxygens (including phenoxy) is 1. The first-order valence-electron chi connectivity index (χ1n) is 12.3. The van der Waals surface area contributed by atoms with Gasteiger partial charge in [-0.05, 0) is 57.2 Å². The normalized spacial score (nSPS) is 25.0. The minimum absolute atomic E-state index is 0.0367. The molecule has 8 nitrogen and oxygen atoms in total. The number of nitrogens with zero attached hydrogens (tertiary/aromatic N) is 2. The lowest BCUT2D eigenvalue weighted by Crippen LogP contribution is -2.60. The van der Waals surface area contributed by atoms with E-state index in [4.69, 9.17) is 0 Å². The summed E-state index contributed by atoms with van der Waals surface area (Å²) in [7, 11) is -5.20. The highest BCUT2D eigenvalue weighted by Crippen LogP contribution is 2.60. The molecule has 1 aromatic carbocycles. The van der Waals surface area contributed by atoms with Gasteiger partial charge in [0.15, 0.2) is 16.4 Å². The summed E-state index contributed by atoms with van der Waals surface area (Å²) < 4.78 is 152. The molecule has 1 N–H and O–H groups in total. The molecule has 42 heavy (non-hydrogen) atoms. The van der Waals surface area contributed by atoms with Crippen LogP contribution < -0.4 is 10.1 Å². The van der Waals surface area contributed by atoms with Gasteiger partial charge in [0.25, 0.3) is 0 Å². The van der Waals surface area contributed by atoms with Crippen LogP contribution in [0.4, 0.5) is 39.5 Å². The van der Waals surface area contributed by atoms with E-state index >= 15 is 0 Å². The molecule has 0 unspecified atom stereocenters. The summed E-state index contributed by atoms with van der Waals surface area (Å²) in [6, 6.07) is 2.74. The van der Waals surface area contributed by atoms with Crippen LogP contribution in [0.2, 0.25) is 0 Å². The molecule has 0 spiro atoms. The molecular formula is C24H22F9N3O5S. The third-order valence-electron chi connectivity index (χ3n) is 7.76. The molecule has 18 heteroatoms. The number of nitriles is 1. The Labute approximate surface area is 232 Å². The van der Waals surface area contributed by atoms with Gasteiger partial charge >= 0.3 is 18.5 Å². The summed E-state index contributed by atoms with van der Waals surface area (Å²) in [5, 5.41) is 9.62. The van der Waals surface area contributed by atoms with Crippen molar-refractivity contribution in [3.63, 3.8) is 0 Å². The highest BCUT2D eigenvalue weighted by Gasteiger charge is 2.72. The lowest BCUT2D eigenvalue weighted by molar-refractivity contribution is -0.201. The van der Waals surface area contributed by atoms with Crippen molar-refractivity contribution < 1.29 is 62.3 Å².